The summed E-state index contributed by atoms with van der Waals surface area (Å²) in [5.74, 6) is 0. The van der Waals surface area contributed by atoms with Crippen LogP contribution in [0.4, 0.5) is 5.69 Å². The smallest absolute Gasteiger partial charge is 0.186 e. The van der Waals surface area contributed by atoms with Gasteiger partial charge in [0.1, 0.15) is 6.07 Å². The second-order valence-electron chi connectivity index (χ2n) is 5.80. The van der Waals surface area contributed by atoms with Crippen molar-refractivity contribution in [3.05, 3.63) is 71.5 Å². The predicted molar refractivity (Wildman–Crippen MR) is 94.3 cm³/mol. The molecule has 3 rings (SSSR count). The van der Waals surface area contributed by atoms with Crippen LogP contribution in [0, 0.1) is 11.3 Å². The number of rotatable bonds is 5. The summed E-state index contributed by atoms with van der Waals surface area (Å²) in [6.45, 7) is 0. The molecule has 0 amide bonds. The van der Waals surface area contributed by atoms with Crippen LogP contribution in [0.25, 0.3) is 5.69 Å². The Labute approximate surface area is 141 Å². The van der Waals surface area contributed by atoms with E-state index in [9.17, 15) is 5.26 Å². The first-order valence-electron chi connectivity index (χ1n) is 7.85. The SMILES string of the molecule is CN(C)c1ccc(-n2nnc(C#N)c2CCc2ccccc2)cc1. The quantitative estimate of drug-likeness (QED) is 0.726. The van der Waals surface area contributed by atoms with E-state index in [0.29, 0.717) is 5.69 Å². The van der Waals surface area contributed by atoms with Gasteiger partial charge in [-0.3, -0.25) is 0 Å². The van der Waals surface area contributed by atoms with Crippen molar-refractivity contribution in [3.63, 3.8) is 0 Å². The summed E-state index contributed by atoms with van der Waals surface area (Å²) in [5.41, 5.74) is 4.50. The Morgan fingerprint density at radius 3 is 2.33 bits per heavy atom. The standard InChI is InChI=1S/C19H19N5/c1-23(2)16-9-11-17(12-10-16)24-19(18(14-20)21-22-24)13-8-15-6-4-3-5-7-15/h3-7,9-12H,8,13H2,1-2H3. The lowest BCUT2D eigenvalue weighted by molar-refractivity contribution is 0.752. The van der Waals surface area contributed by atoms with Crippen LogP contribution in [-0.4, -0.2) is 29.1 Å². The zero-order valence-electron chi connectivity index (χ0n) is 13.8. The van der Waals surface area contributed by atoms with Gasteiger partial charge < -0.3 is 4.90 Å². The van der Waals surface area contributed by atoms with Crippen LogP contribution in [0.2, 0.25) is 0 Å². The van der Waals surface area contributed by atoms with Crippen molar-refractivity contribution in [1.29, 1.82) is 5.26 Å². The minimum atomic E-state index is 0.391. The summed E-state index contributed by atoms with van der Waals surface area (Å²) in [5, 5.41) is 17.5. The zero-order valence-corrected chi connectivity index (χ0v) is 13.8. The van der Waals surface area contributed by atoms with Crippen molar-refractivity contribution >= 4 is 5.69 Å². The van der Waals surface area contributed by atoms with Gasteiger partial charge in [0.2, 0.25) is 0 Å². The molecule has 0 saturated carbocycles. The van der Waals surface area contributed by atoms with Gasteiger partial charge in [-0.1, -0.05) is 35.5 Å². The Morgan fingerprint density at radius 1 is 1.00 bits per heavy atom. The number of hydrogen-bond acceptors (Lipinski definition) is 4. The average Bonchev–Trinajstić information content (AvgIpc) is 3.03. The highest BCUT2D eigenvalue weighted by molar-refractivity contribution is 5.50. The van der Waals surface area contributed by atoms with Gasteiger partial charge in [0.15, 0.2) is 5.69 Å². The molecule has 0 atom stereocenters. The van der Waals surface area contributed by atoms with Crippen molar-refractivity contribution in [2.75, 3.05) is 19.0 Å². The number of benzene rings is 2. The molecule has 2 aromatic carbocycles. The van der Waals surface area contributed by atoms with Crippen LogP contribution in [0.1, 0.15) is 17.0 Å². The molecule has 0 spiro atoms. The molecule has 0 aliphatic heterocycles. The first-order valence-corrected chi connectivity index (χ1v) is 7.85. The van der Waals surface area contributed by atoms with Gasteiger partial charge in [0.05, 0.1) is 11.4 Å². The first-order chi connectivity index (χ1) is 11.7. The van der Waals surface area contributed by atoms with Crippen molar-refractivity contribution in [1.82, 2.24) is 15.0 Å². The van der Waals surface area contributed by atoms with E-state index in [-0.39, 0.29) is 0 Å². The molecular formula is C19H19N5. The van der Waals surface area contributed by atoms with E-state index in [4.69, 9.17) is 0 Å². The van der Waals surface area contributed by atoms with Gasteiger partial charge in [0, 0.05) is 19.8 Å². The Bertz CT molecular complexity index is 842. The number of nitrogens with zero attached hydrogens (tertiary/aromatic N) is 5. The fourth-order valence-corrected chi connectivity index (χ4v) is 2.62. The summed E-state index contributed by atoms with van der Waals surface area (Å²) < 4.78 is 1.76. The maximum Gasteiger partial charge on any atom is 0.186 e. The van der Waals surface area contributed by atoms with Crippen LogP contribution in [0.5, 0.6) is 0 Å². The van der Waals surface area contributed by atoms with Crippen LogP contribution < -0.4 is 4.90 Å². The van der Waals surface area contributed by atoms with E-state index >= 15 is 0 Å². The third-order valence-electron chi connectivity index (χ3n) is 3.97. The minimum Gasteiger partial charge on any atom is -0.378 e. The molecule has 5 heteroatoms. The first kappa shape index (κ1) is 15.8. The van der Waals surface area contributed by atoms with Gasteiger partial charge in [0.25, 0.3) is 0 Å². The molecule has 0 aliphatic rings. The van der Waals surface area contributed by atoms with Crippen LogP contribution in [-0.2, 0) is 12.8 Å². The predicted octanol–water partition coefficient (Wildman–Crippen LogP) is 2.99. The Hall–Kier alpha value is -3.13. The Balaban J connectivity index is 1.89. The summed E-state index contributed by atoms with van der Waals surface area (Å²) in [6.07, 6.45) is 1.56. The van der Waals surface area contributed by atoms with Gasteiger partial charge in [-0.05, 0) is 42.7 Å². The zero-order chi connectivity index (χ0) is 16.9. The van der Waals surface area contributed by atoms with Crippen molar-refractivity contribution in [2.24, 2.45) is 0 Å². The van der Waals surface area contributed by atoms with E-state index in [1.54, 1.807) is 4.68 Å². The second-order valence-corrected chi connectivity index (χ2v) is 5.80. The van der Waals surface area contributed by atoms with E-state index in [0.717, 1.165) is 29.9 Å². The fourth-order valence-electron chi connectivity index (χ4n) is 2.62. The molecule has 1 heterocycles. The van der Waals surface area contributed by atoms with Gasteiger partial charge in [-0.15, -0.1) is 5.10 Å². The van der Waals surface area contributed by atoms with E-state index < -0.39 is 0 Å². The van der Waals surface area contributed by atoms with Crippen LogP contribution in [0.15, 0.2) is 54.6 Å². The third-order valence-corrected chi connectivity index (χ3v) is 3.97. The molecule has 0 unspecified atom stereocenters. The molecule has 0 N–H and O–H groups in total. The fraction of sp³-hybridized carbons (Fsp3) is 0.211. The number of nitriles is 1. The maximum absolute atomic E-state index is 9.32. The summed E-state index contributed by atoms with van der Waals surface area (Å²) >= 11 is 0. The molecule has 120 valence electrons. The Morgan fingerprint density at radius 2 is 1.71 bits per heavy atom. The summed E-state index contributed by atoms with van der Waals surface area (Å²) in [6, 6.07) is 20.4. The average molecular weight is 317 g/mol. The second kappa shape index (κ2) is 6.97. The molecule has 5 nitrogen and oxygen atoms in total. The largest absolute Gasteiger partial charge is 0.378 e. The number of anilines is 1. The van der Waals surface area contributed by atoms with Crippen molar-refractivity contribution in [3.8, 4) is 11.8 Å². The lowest BCUT2D eigenvalue weighted by atomic mass is 10.1. The highest BCUT2D eigenvalue weighted by Gasteiger charge is 2.14. The molecule has 0 bridgehead atoms. The van der Waals surface area contributed by atoms with E-state index in [1.165, 1.54) is 5.56 Å². The van der Waals surface area contributed by atoms with Gasteiger partial charge in [-0.25, -0.2) is 4.68 Å². The van der Waals surface area contributed by atoms with Crippen LogP contribution in [0.3, 0.4) is 0 Å². The maximum atomic E-state index is 9.32. The number of hydrogen-bond donors (Lipinski definition) is 0. The topological polar surface area (TPSA) is 57.7 Å². The van der Waals surface area contributed by atoms with Gasteiger partial charge in [-0.2, -0.15) is 5.26 Å². The summed E-state index contributed by atoms with van der Waals surface area (Å²) in [4.78, 5) is 2.04. The molecule has 1 aromatic heterocycles. The lowest BCUT2D eigenvalue weighted by Gasteiger charge is -2.13. The van der Waals surface area contributed by atoms with Crippen LogP contribution >= 0.6 is 0 Å². The summed E-state index contributed by atoms with van der Waals surface area (Å²) in [7, 11) is 4.01. The van der Waals surface area contributed by atoms with Crippen molar-refractivity contribution in [2.45, 2.75) is 12.8 Å². The third kappa shape index (κ3) is 3.28. The molecule has 3 aromatic rings. The highest BCUT2D eigenvalue weighted by Crippen LogP contribution is 2.18. The van der Waals surface area contributed by atoms with E-state index in [1.807, 2.05) is 61.5 Å². The molecule has 0 saturated heterocycles. The highest BCUT2D eigenvalue weighted by atomic mass is 15.4. The van der Waals surface area contributed by atoms with E-state index in [2.05, 4.69) is 28.5 Å². The minimum absolute atomic E-state index is 0.391. The molecular weight excluding hydrogens is 298 g/mol. The Kier molecular flexibility index (Phi) is 4.57. The molecule has 0 radical (unpaired) electrons. The normalized spacial score (nSPS) is 10.4. The lowest BCUT2D eigenvalue weighted by Crippen LogP contribution is -2.09. The molecule has 24 heavy (non-hydrogen) atoms. The monoisotopic (exact) mass is 317 g/mol. The van der Waals surface area contributed by atoms with Crippen molar-refractivity contribution < 1.29 is 0 Å². The number of aromatic nitrogens is 3. The molecule has 0 fully saturated rings. The van der Waals surface area contributed by atoms with Gasteiger partial charge >= 0.3 is 0 Å². The number of aryl methyl sites for hydroxylation is 1. The molecule has 0 aliphatic carbocycles.